The molecule has 1 saturated carbocycles. The number of amides is 1. The minimum atomic E-state index is -1.24. The molecule has 1 aliphatic carbocycles. The zero-order chi connectivity index (χ0) is 15.2. The predicted octanol–water partition coefficient (Wildman–Crippen LogP) is 0.984. The molecule has 6 heteroatoms. The SMILES string of the molecule is CC1(C)[C@@]2(C)CC[C@@]1(C(=O)N(CC#N)CC#N)OC2=O. The van der Waals surface area contributed by atoms with Crippen molar-refractivity contribution in [1.29, 1.82) is 10.5 Å². The van der Waals surface area contributed by atoms with Crippen molar-refractivity contribution in [3.8, 4) is 12.1 Å². The average molecular weight is 275 g/mol. The van der Waals surface area contributed by atoms with Crippen molar-refractivity contribution in [2.45, 2.75) is 39.2 Å². The fourth-order valence-electron chi connectivity index (χ4n) is 3.35. The number of rotatable bonds is 3. The lowest BCUT2D eigenvalue weighted by Gasteiger charge is -2.37. The fourth-order valence-corrected chi connectivity index (χ4v) is 3.35. The molecule has 0 spiro atoms. The lowest BCUT2D eigenvalue weighted by molar-refractivity contribution is -0.173. The van der Waals surface area contributed by atoms with Gasteiger partial charge in [0.1, 0.15) is 13.1 Å². The summed E-state index contributed by atoms with van der Waals surface area (Å²) >= 11 is 0. The summed E-state index contributed by atoms with van der Waals surface area (Å²) in [6.45, 7) is 5.15. The van der Waals surface area contributed by atoms with E-state index >= 15 is 0 Å². The molecule has 0 N–H and O–H groups in total. The Bertz CT molecular complexity index is 541. The average Bonchev–Trinajstić information content (AvgIpc) is 2.68. The number of carbonyl (C=O) groups excluding carboxylic acids is 2. The third kappa shape index (κ3) is 1.42. The van der Waals surface area contributed by atoms with E-state index in [1.54, 1.807) is 0 Å². The van der Waals surface area contributed by atoms with Crippen molar-refractivity contribution in [1.82, 2.24) is 4.90 Å². The second-order valence-corrected chi connectivity index (χ2v) is 6.15. The van der Waals surface area contributed by atoms with Crippen LogP contribution in [0.15, 0.2) is 0 Å². The summed E-state index contributed by atoms with van der Waals surface area (Å²) in [6.07, 6.45) is 1.02. The number of hydrogen-bond acceptors (Lipinski definition) is 5. The lowest BCUT2D eigenvalue weighted by atomic mass is 9.66. The summed E-state index contributed by atoms with van der Waals surface area (Å²) in [6, 6.07) is 3.75. The van der Waals surface area contributed by atoms with E-state index in [1.165, 1.54) is 0 Å². The van der Waals surface area contributed by atoms with E-state index < -0.39 is 22.3 Å². The van der Waals surface area contributed by atoms with Crippen LogP contribution >= 0.6 is 0 Å². The molecule has 0 aromatic heterocycles. The highest BCUT2D eigenvalue weighted by atomic mass is 16.6. The molecule has 0 aromatic rings. The number of esters is 1. The molecule has 20 heavy (non-hydrogen) atoms. The van der Waals surface area contributed by atoms with Crippen molar-refractivity contribution < 1.29 is 14.3 Å². The van der Waals surface area contributed by atoms with Crippen LogP contribution < -0.4 is 0 Å². The van der Waals surface area contributed by atoms with Crippen LogP contribution in [0.4, 0.5) is 0 Å². The van der Waals surface area contributed by atoms with Crippen LogP contribution in [0.5, 0.6) is 0 Å². The first kappa shape index (κ1) is 14.3. The predicted molar refractivity (Wildman–Crippen MR) is 67.8 cm³/mol. The van der Waals surface area contributed by atoms with Gasteiger partial charge in [-0.05, 0) is 19.8 Å². The largest absolute Gasteiger partial charge is 0.448 e. The summed E-state index contributed by atoms with van der Waals surface area (Å²) in [4.78, 5) is 26.0. The molecular formula is C14H17N3O3. The molecule has 2 rings (SSSR count). The highest BCUT2D eigenvalue weighted by Crippen LogP contribution is 2.65. The Kier molecular flexibility index (Phi) is 3.02. The van der Waals surface area contributed by atoms with E-state index in [2.05, 4.69) is 0 Å². The summed E-state index contributed by atoms with van der Waals surface area (Å²) in [7, 11) is 0. The minimum absolute atomic E-state index is 0.182. The van der Waals surface area contributed by atoms with Gasteiger partial charge in [-0.25, -0.2) is 0 Å². The van der Waals surface area contributed by atoms with Crippen LogP contribution in [0.2, 0.25) is 0 Å². The minimum Gasteiger partial charge on any atom is -0.448 e. The van der Waals surface area contributed by atoms with E-state index in [-0.39, 0.29) is 19.1 Å². The van der Waals surface area contributed by atoms with Crippen LogP contribution in [0, 0.1) is 33.5 Å². The van der Waals surface area contributed by atoms with Gasteiger partial charge in [-0.15, -0.1) is 0 Å². The number of nitriles is 2. The van der Waals surface area contributed by atoms with Gasteiger partial charge in [-0.2, -0.15) is 10.5 Å². The second kappa shape index (κ2) is 4.21. The highest BCUT2D eigenvalue weighted by Gasteiger charge is 2.76. The van der Waals surface area contributed by atoms with Crippen LogP contribution in [0.3, 0.4) is 0 Å². The quantitative estimate of drug-likeness (QED) is 0.565. The zero-order valence-electron chi connectivity index (χ0n) is 11.9. The van der Waals surface area contributed by atoms with Crippen LogP contribution in [-0.4, -0.2) is 35.5 Å². The van der Waals surface area contributed by atoms with Crippen molar-refractivity contribution in [3.05, 3.63) is 0 Å². The van der Waals surface area contributed by atoms with E-state index in [0.29, 0.717) is 12.8 Å². The maximum absolute atomic E-state index is 12.8. The molecule has 1 heterocycles. The van der Waals surface area contributed by atoms with E-state index in [9.17, 15) is 9.59 Å². The summed E-state index contributed by atoms with van der Waals surface area (Å²) in [5.41, 5.74) is -2.59. The Morgan fingerprint density at radius 1 is 1.25 bits per heavy atom. The van der Waals surface area contributed by atoms with Gasteiger partial charge < -0.3 is 9.64 Å². The van der Waals surface area contributed by atoms with E-state index in [1.807, 2.05) is 32.9 Å². The van der Waals surface area contributed by atoms with Crippen LogP contribution in [0.25, 0.3) is 0 Å². The zero-order valence-corrected chi connectivity index (χ0v) is 11.9. The van der Waals surface area contributed by atoms with Gasteiger partial charge in [-0.3, -0.25) is 9.59 Å². The Balaban J connectivity index is 2.42. The second-order valence-electron chi connectivity index (χ2n) is 6.15. The van der Waals surface area contributed by atoms with Crippen LogP contribution in [-0.2, 0) is 14.3 Å². The maximum Gasteiger partial charge on any atom is 0.313 e. The van der Waals surface area contributed by atoms with E-state index in [4.69, 9.17) is 15.3 Å². The molecule has 2 bridgehead atoms. The first-order valence-corrected chi connectivity index (χ1v) is 6.53. The Hall–Kier alpha value is -2.08. The topological polar surface area (TPSA) is 94.2 Å². The number of hydrogen-bond donors (Lipinski definition) is 0. The molecule has 0 radical (unpaired) electrons. The van der Waals surface area contributed by atoms with Gasteiger partial charge in [0, 0.05) is 5.41 Å². The highest BCUT2D eigenvalue weighted by molar-refractivity contribution is 5.96. The third-order valence-electron chi connectivity index (χ3n) is 5.24. The molecule has 1 amide bonds. The van der Waals surface area contributed by atoms with Crippen molar-refractivity contribution in [2.75, 3.05) is 13.1 Å². The normalized spacial score (nSPS) is 33.1. The summed E-state index contributed by atoms with van der Waals surface area (Å²) < 4.78 is 5.45. The molecule has 1 aliphatic heterocycles. The number of carbonyl (C=O) groups is 2. The van der Waals surface area contributed by atoms with Gasteiger partial charge in [0.15, 0.2) is 5.60 Å². The molecular weight excluding hydrogens is 258 g/mol. The molecule has 2 aliphatic rings. The summed E-state index contributed by atoms with van der Waals surface area (Å²) in [5.74, 6) is -0.795. The molecule has 106 valence electrons. The van der Waals surface area contributed by atoms with Gasteiger partial charge >= 0.3 is 5.97 Å². The lowest BCUT2D eigenvalue weighted by Crippen LogP contribution is -2.55. The first-order chi connectivity index (χ1) is 9.27. The molecule has 1 saturated heterocycles. The van der Waals surface area contributed by atoms with E-state index in [0.717, 1.165) is 4.90 Å². The van der Waals surface area contributed by atoms with Crippen LogP contribution in [0.1, 0.15) is 33.6 Å². The number of ether oxygens (including phenoxy) is 1. The fraction of sp³-hybridized carbons (Fsp3) is 0.714. The number of nitrogens with zero attached hydrogens (tertiary/aromatic N) is 3. The standard InChI is InChI=1S/C14H17N3O3/c1-12(2)13(3)4-5-14(12,20-11(13)19)10(18)17(8-6-15)9-7-16/h4-5,8-9H2,1-3H3/t13-,14-/m0/s1. The van der Waals surface area contributed by atoms with Gasteiger partial charge in [-0.1, -0.05) is 13.8 Å². The van der Waals surface area contributed by atoms with Crippen molar-refractivity contribution >= 4 is 11.9 Å². The maximum atomic E-state index is 12.8. The Labute approximate surface area is 117 Å². The smallest absolute Gasteiger partial charge is 0.313 e. The molecule has 0 aromatic carbocycles. The van der Waals surface area contributed by atoms with Crippen molar-refractivity contribution in [3.63, 3.8) is 0 Å². The monoisotopic (exact) mass is 275 g/mol. The van der Waals surface area contributed by atoms with Gasteiger partial charge in [0.05, 0.1) is 17.6 Å². The Morgan fingerprint density at radius 2 is 1.80 bits per heavy atom. The number of fused-ring (bicyclic) bond motifs is 2. The van der Waals surface area contributed by atoms with Gasteiger partial charge in [0.2, 0.25) is 0 Å². The Morgan fingerprint density at radius 3 is 2.15 bits per heavy atom. The van der Waals surface area contributed by atoms with Gasteiger partial charge in [0.25, 0.3) is 5.91 Å². The molecule has 0 unspecified atom stereocenters. The molecule has 2 fully saturated rings. The summed E-state index contributed by atoms with van der Waals surface area (Å²) in [5, 5.41) is 17.6. The third-order valence-corrected chi connectivity index (χ3v) is 5.24. The molecule has 2 atom stereocenters. The van der Waals surface area contributed by atoms with Crippen molar-refractivity contribution in [2.24, 2.45) is 10.8 Å². The first-order valence-electron chi connectivity index (χ1n) is 6.53. The molecule has 6 nitrogen and oxygen atoms in total.